The summed E-state index contributed by atoms with van der Waals surface area (Å²) < 4.78 is 0. The molecule has 0 saturated heterocycles. The van der Waals surface area contributed by atoms with Gasteiger partial charge in [-0.05, 0) is 30.9 Å². The highest BCUT2D eigenvalue weighted by molar-refractivity contribution is 7.99. The number of hydrogen-bond acceptors (Lipinski definition) is 3. The normalized spacial score (nSPS) is 24.1. The molecule has 2 aliphatic rings. The quantitative estimate of drug-likeness (QED) is 0.900. The first-order valence-electron chi connectivity index (χ1n) is 7.48. The Bertz CT molecular complexity index is 497. The van der Waals surface area contributed by atoms with Gasteiger partial charge in [-0.1, -0.05) is 31.0 Å². The molecule has 1 aromatic carbocycles. The second kappa shape index (κ2) is 5.78. The standard InChI is InChI=1S/C16H22N2OS/c17-11-16(8-3-4-9-16)15(19)18-13-7-10-20-14-6-2-1-5-12(13)14/h1-2,5-6,13H,3-4,7-11,17H2,(H,18,19). The Balaban J connectivity index is 1.77. The fourth-order valence-electron chi connectivity index (χ4n) is 3.38. The third kappa shape index (κ3) is 2.47. The third-order valence-electron chi connectivity index (χ3n) is 4.70. The molecule has 3 nitrogen and oxygen atoms in total. The summed E-state index contributed by atoms with van der Waals surface area (Å²) in [6, 6.07) is 8.55. The van der Waals surface area contributed by atoms with E-state index in [9.17, 15) is 4.79 Å². The van der Waals surface area contributed by atoms with Gasteiger partial charge in [-0.15, -0.1) is 11.8 Å². The minimum Gasteiger partial charge on any atom is -0.349 e. The van der Waals surface area contributed by atoms with Gasteiger partial charge in [-0.3, -0.25) is 4.79 Å². The first kappa shape index (κ1) is 14.0. The van der Waals surface area contributed by atoms with Crippen LogP contribution >= 0.6 is 11.8 Å². The van der Waals surface area contributed by atoms with Crippen molar-refractivity contribution in [3.8, 4) is 0 Å². The lowest BCUT2D eigenvalue weighted by atomic mass is 9.84. The summed E-state index contributed by atoms with van der Waals surface area (Å²) in [5, 5.41) is 3.28. The van der Waals surface area contributed by atoms with Gasteiger partial charge < -0.3 is 11.1 Å². The predicted octanol–water partition coefficient (Wildman–Crippen LogP) is 2.86. The van der Waals surface area contributed by atoms with Crippen molar-refractivity contribution in [2.45, 2.75) is 43.0 Å². The van der Waals surface area contributed by atoms with E-state index in [4.69, 9.17) is 5.73 Å². The highest BCUT2D eigenvalue weighted by atomic mass is 32.2. The Hall–Kier alpha value is -1.00. The average molecular weight is 290 g/mol. The number of benzene rings is 1. The second-order valence-corrected chi connectivity index (χ2v) is 7.03. The van der Waals surface area contributed by atoms with Gasteiger partial charge >= 0.3 is 0 Å². The van der Waals surface area contributed by atoms with Crippen molar-refractivity contribution in [3.05, 3.63) is 29.8 Å². The van der Waals surface area contributed by atoms with Crippen LogP contribution in [0.5, 0.6) is 0 Å². The lowest BCUT2D eigenvalue weighted by Crippen LogP contribution is -2.45. The van der Waals surface area contributed by atoms with Crippen LogP contribution in [0.2, 0.25) is 0 Å². The van der Waals surface area contributed by atoms with Gasteiger partial charge in [-0.2, -0.15) is 0 Å². The Morgan fingerprint density at radius 1 is 1.35 bits per heavy atom. The molecule has 3 rings (SSSR count). The van der Waals surface area contributed by atoms with Crippen molar-refractivity contribution < 1.29 is 4.79 Å². The number of hydrogen-bond donors (Lipinski definition) is 2. The smallest absolute Gasteiger partial charge is 0.227 e. The SMILES string of the molecule is NCC1(C(=O)NC2CCSc3ccccc32)CCCC1. The van der Waals surface area contributed by atoms with Crippen LogP contribution in [0.1, 0.15) is 43.7 Å². The molecule has 1 saturated carbocycles. The minimum absolute atomic E-state index is 0.156. The summed E-state index contributed by atoms with van der Waals surface area (Å²) >= 11 is 1.88. The maximum atomic E-state index is 12.7. The lowest BCUT2D eigenvalue weighted by molar-refractivity contribution is -0.131. The van der Waals surface area contributed by atoms with Crippen LogP contribution in [-0.4, -0.2) is 18.2 Å². The van der Waals surface area contributed by atoms with Gasteiger partial charge in [0.15, 0.2) is 0 Å². The van der Waals surface area contributed by atoms with Crippen molar-refractivity contribution in [1.29, 1.82) is 0 Å². The van der Waals surface area contributed by atoms with E-state index >= 15 is 0 Å². The number of carbonyl (C=O) groups is 1. The summed E-state index contributed by atoms with van der Waals surface area (Å²) in [7, 11) is 0. The molecule has 0 radical (unpaired) electrons. The molecule has 4 heteroatoms. The minimum atomic E-state index is -0.306. The molecule has 20 heavy (non-hydrogen) atoms. The number of nitrogens with two attached hydrogens (primary N) is 1. The molecule has 0 aromatic heterocycles. The van der Waals surface area contributed by atoms with E-state index in [-0.39, 0.29) is 17.4 Å². The Kier molecular flexibility index (Phi) is 4.03. The molecule has 0 bridgehead atoms. The molecular formula is C16H22N2OS. The van der Waals surface area contributed by atoms with Gasteiger partial charge in [0, 0.05) is 17.2 Å². The molecule has 1 heterocycles. The molecule has 1 unspecified atom stereocenters. The Labute approximate surface area is 124 Å². The van der Waals surface area contributed by atoms with Crippen molar-refractivity contribution in [3.63, 3.8) is 0 Å². The monoisotopic (exact) mass is 290 g/mol. The fraction of sp³-hybridized carbons (Fsp3) is 0.562. The lowest BCUT2D eigenvalue weighted by Gasteiger charge is -2.31. The van der Waals surface area contributed by atoms with Crippen LogP contribution in [-0.2, 0) is 4.79 Å². The third-order valence-corrected chi connectivity index (χ3v) is 5.82. The highest BCUT2D eigenvalue weighted by Crippen LogP contribution is 2.40. The summed E-state index contributed by atoms with van der Waals surface area (Å²) in [6.07, 6.45) is 5.15. The second-order valence-electron chi connectivity index (χ2n) is 5.89. The van der Waals surface area contributed by atoms with Gasteiger partial charge in [0.05, 0.1) is 11.5 Å². The van der Waals surface area contributed by atoms with Crippen molar-refractivity contribution >= 4 is 17.7 Å². The highest BCUT2D eigenvalue weighted by Gasteiger charge is 2.40. The van der Waals surface area contributed by atoms with E-state index in [0.717, 1.165) is 37.9 Å². The van der Waals surface area contributed by atoms with Crippen LogP contribution in [0, 0.1) is 5.41 Å². The largest absolute Gasteiger partial charge is 0.349 e. The van der Waals surface area contributed by atoms with Gasteiger partial charge in [0.25, 0.3) is 0 Å². The summed E-state index contributed by atoms with van der Waals surface area (Å²) in [5.41, 5.74) is 6.86. The number of amides is 1. The van der Waals surface area contributed by atoms with Gasteiger partial charge in [0.1, 0.15) is 0 Å². The van der Waals surface area contributed by atoms with E-state index in [1.807, 2.05) is 11.8 Å². The zero-order chi connectivity index (χ0) is 14.0. The van der Waals surface area contributed by atoms with Gasteiger partial charge in [0.2, 0.25) is 5.91 Å². The molecule has 1 fully saturated rings. The number of fused-ring (bicyclic) bond motifs is 1. The molecule has 1 aliphatic heterocycles. The maximum Gasteiger partial charge on any atom is 0.227 e. The molecule has 1 atom stereocenters. The van der Waals surface area contributed by atoms with Crippen molar-refractivity contribution in [2.24, 2.45) is 11.1 Å². The molecule has 1 aromatic rings. The Morgan fingerprint density at radius 3 is 2.85 bits per heavy atom. The molecular weight excluding hydrogens is 268 g/mol. The van der Waals surface area contributed by atoms with Crippen LogP contribution in [0.4, 0.5) is 0 Å². The van der Waals surface area contributed by atoms with Crippen LogP contribution in [0.3, 0.4) is 0 Å². The molecule has 108 valence electrons. The molecule has 1 amide bonds. The van der Waals surface area contributed by atoms with Crippen LogP contribution < -0.4 is 11.1 Å². The Morgan fingerprint density at radius 2 is 2.10 bits per heavy atom. The number of rotatable bonds is 3. The number of nitrogens with one attached hydrogen (secondary N) is 1. The summed E-state index contributed by atoms with van der Waals surface area (Å²) in [6.45, 7) is 0.474. The van der Waals surface area contributed by atoms with E-state index in [1.54, 1.807) is 0 Å². The first-order valence-corrected chi connectivity index (χ1v) is 8.46. The predicted molar refractivity (Wildman–Crippen MR) is 82.6 cm³/mol. The summed E-state index contributed by atoms with van der Waals surface area (Å²) in [4.78, 5) is 14.0. The number of thioether (sulfide) groups is 1. The van der Waals surface area contributed by atoms with E-state index in [0.29, 0.717) is 6.54 Å². The molecule has 3 N–H and O–H groups in total. The fourth-order valence-corrected chi connectivity index (χ4v) is 4.50. The van der Waals surface area contributed by atoms with Crippen LogP contribution in [0.15, 0.2) is 29.2 Å². The zero-order valence-corrected chi connectivity index (χ0v) is 12.5. The average Bonchev–Trinajstić information content (AvgIpc) is 2.98. The van der Waals surface area contributed by atoms with Crippen LogP contribution in [0.25, 0.3) is 0 Å². The first-order chi connectivity index (χ1) is 9.75. The van der Waals surface area contributed by atoms with E-state index in [2.05, 4.69) is 29.6 Å². The van der Waals surface area contributed by atoms with Crippen molar-refractivity contribution in [1.82, 2.24) is 5.32 Å². The molecule has 1 aliphatic carbocycles. The summed E-state index contributed by atoms with van der Waals surface area (Å²) in [5.74, 6) is 1.24. The number of carbonyl (C=O) groups excluding carboxylic acids is 1. The van der Waals surface area contributed by atoms with Crippen molar-refractivity contribution in [2.75, 3.05) is 12.3 Å². The maximum absolute atomic E-state index is 12.7. The van der Waals surface area contributed by atoms with Gasteiger partial charge in [-0.25, -0.2) is 0 Å². The van der Waals surface area contributed by atoms with E-state index in [1.165, 1.54) is 10.5 Å². The molecule has 0 spiro atoms. The zero-order valence-electron chi connectivity index (χ0n) is 11.7. The van der Waals surface area contributed by atoms with E-state index < -0.39 is 0 Å². The topological polar surface area (TPSA) is 55.1 Å².